The molecule has 0 heterocycles. The van der Waals surface area contributed by atoms with Crippen molar-refractivity contribution in [1.82, 2.24) is 10.8 Å². The molecule has 2 N–H and O–H groups in total. The van der Waals surface area contributed by atoms with E-state index in [2.05, 4.69) is 10.2 Å². The predicted molar refractivity (Wildman–Crippen MR) is 92.5 cm³/mol. The number of hydrogen-bond acceptors (Lipinski definition) is 6. The van der Waals surface area contributed by atoms with Crippen LogP contribution in [0.5, 0.6) is 0 Å². The Labute approximate surface area is 152 Å². The van der Waals surface area contributed by atoms with Crippen LogP contribution in [0.1, 0.15) is 38.7 Å². The summed E-state index contributed by atoms with van der Waals surface area (Å²) in [5, 5.41) is 2.46. The molecule has 1 atom stereocenters. The molecule has 0 bridgehead atoms. The summed E-state index contributed by atoms with van der Waals surface area (Å²) in [7, 11) is 0. The maximum absolute atomic E-state index is 12.1. The van der Waals surface area contributed by atoms with Gasteiger partial charge in [0.2, 0.25) is 0 Å². The monoisotopic (exact) mass is 364 g/mol. The summed E-state index contributed by atoms with van der Waals surface area (Å²) in [6, 6.07) is 8.20. The minimum absolute atomic E-state index is 0.00812. The van der Waals surface area contributed by atoms with Crippen LogP contribution < -0.4 is 10.8 Å². The first-order chi connectivity index (χ1) is 12.4. The van der Waals surface area contributed by atoms with Crippen LogP contribution in [0.3, 0.4) is 0 Å². The van der Waals surface area contributed by atoms with Gasteiger partial charge < -0.3 is 19.7 Å². The van der Waals surface area contributed by atoms with Crippen molar-refractivity contribution in [2.24, 2.45) is 5.92 Å². The van der Waals surface area contributed by atoms with Crippen LogP contribution in [0, 0.1) is 5.92 Å². The summed E-state index contributed by atoms with van der Waals surface area (Å²) in [6.07, 6.45) is 0.0360. The zero-order valence-corrected chi connectivity index (χ0v) is 14.9. The standard InChI is InChI=1S/C18H24N2O6/c1-13(2)11-15(17(23)20-26-16(22)9-6-10-21)19-18(24)25-12-14-7-4-3-5-8-14/h3-5,7-8,10,13,15H,6,9,11-12H2,1-2H3,(H,19,24)(H,20,23)/t15-/m0/s1. The molecule has 142 valence electrons. The number of benzene rings is 1. The van der Waals surface area contributed by atoms with Gasteiger partial charge in [0.15, 0.2) is 0 Å². The summed E-state index contributed by atoms with van der Waals surface area (Å²) < 4.78 is 5.09. The molecule has 0 saturated heterocycles. The highest BCUT2D eigenvalue weighted by molar-refractivity contribution is 5.86. The average Bonchev–Trinajstić information content (AvgIpc) is 2.62. The van der Waals surface area contributed by atoms with Crippen LogP contribution in [0.25, 0.3) is 0 Å². The Kier molecular flexibility index (Phi) is 9.45. The van der Waals surface area contributed by atoms with E-state index in [0.29, 0.717) is 12.7 Å². The molecule has 0 aromatic heterocycles. The third-order valence-corrected chi connectivity index (χ3v) is 3.26. The van der Waals surface area contributed by atoms with Crippen molar-refractivity contribution in [2.45, 2.75) is 45.8 Å². The number of nitrogens with one attached hydrogen (secondary N) is 2. The van der Waals surface area contributed by atoms with Gasteiger partial charge in [0.05, 0.1) is 6.42 Å². The normalized spacial score (nSPS) is 11.3. The Morgan fingerprint density at radius 3 is 2.46 bits per heavy atom. The van der Waals surface area contributed by atoms with Crippen LogP contribution in [0.2, 0.25) is 0 Å². The van der Waals surface area contributed by atoms with Crippen LogP contribution >= 0.6 is 0 Å². The van der Waals surface area contributed by atoms with E-state index < -0.39 is 24.0 Å². The van der Waals surface area contributed by atoms with Gasteiger partial charge in [-0.15, -0.1) is 0 Å². The Bertz CT molecular complexity index is 603. The summed E-state index contributed by atoms with van der Waals surface area (Å²) in [4.78, 5) is 50.2. The average molecular weight is 364 g/mol. The third-order valence-electron chi connectivity index (χ3n) is 3.26. The molecular weight excluding hydrogens is 340 g/mol. The van der Waals surface area contributed by atoms with E-state index in [-0.39, 0.29) is 25.4 Å². The third kappa shape index (κ3) is 8.81. The molecule has 0 aliphatic heterocycles. The number of amides is 2. The van der Waals surface area contributed by atoms with Gasteiger partial charge in [0.25, 0.3) is 5.91 Å². The largest absolute Gasteiger partial charge is 0.445 e. The Hall–Kier alpha value is -2.90. The molecular formula is C18H24N2O6. The summed E-state index contributed by atoms with van der Waals surface area (Å²) >= 11 is 0. The molecule has 8 nitrogen and oxygen atoms in total. The van der Waals surface area contributed by atoms with Crippen molar-refractivity contribution in [3.05, 3.63) is 35.9 Å². The van der Waals surface area contributed by atoms with E-state index in [9.17, 15) is 19.2 Å². The van der Waals surface area contributed by atoms with Gasteiger partial charge in [-0.1, -0.05) is 44.2 Å². The molecule has 0 radical (unpaired) electrons. The summed E-state index contributed by atoms with van der Waals surface area (Å²) in [5.74, 6) is -1.30. The number of hydroxylamine groups is 1. The van der Waals surface area contributed by atoms with Gasteiger partial charge in [-0.3, -0.25) is 4.79 Å². The van der Waals surface area contributed by atoms with E-state index in [0.717, 1.165) is 5.56 Å². The molecule has 0 aliphatic carbocycles. The van der Waals surface area contributed by atoms with Crippen LogP contribution in [0.15, 0.2) is 30.3 Å². The second kappa shape index (κ2) is 11.6. The molecule has 0 spiro atoms. The highest BCUT2D eigenvalue weighted by atomic mass is 16.7. The number of aldehydes is 1. The number of hydrogen-bond donors (Lipinski definition) is 2. The molecule has 1 aromatic carbocycles. The quantitative estimate of drug-likeness (QED) is 0.511. The molecule has 26 heavy (non-hydrogen) atoms. The fourth-order valence-electron chi connectivity index (χ4n) is 2.02. The fourth-order valence-corrected chi connectivity index (χ4v) is 2.02. The molecule has 0 unspecified atom stereocenters. The molecule has 0 fully saturated rings. The maximum atomic E-state index is 12.1. The van der Waals surface area contributed by atoms with Crippen molar-refractivity contribution in [2.75, 3.05) is 0 Å². The molecule has 8 heteroatoms. The zero-order valence-electron chi connectivity index (χ0n) is 14.9. The van der Waals surface area contributed by atoms with Crippen molar-refractivity contribution < 1.29 is 28.8 Å². The Balaban J connectivity index is 2.50. The molecule has 0 saturated carbocycles. The second-order valence-electron chi connectivity index (χ2n) is 6.03. The summed E-state index contributed by atoms with van der Waals surface area (Å²) in [6.45, 7) is 3.84. The number of rotatable bonds is 9. The maximum Gasteiger partial charge on any atom is 0.408 e. The van der Waals surface area contributed by atoms with Gasteiger partial charge >= 0.3 is 12.1 Å². The molecule has 1 rings (SSSR count). The zero-order chi connectivity index (χ0) is 19.4. The highest BCUT2D eigenvalue weighted by Crippen LogP contribution is 2.06. The van der Waals surface area contributed by atoms with Gasteiger partial charge in [-0.05, 0) is 17.9 Å². The van der Waals surface area contributed by atoms with Gasteiger partial charge in [-0.2, -0.15) is 5.48 Å². The van der Waals surface area contributed by atoms with Crippen molar-refractivity contribution in [3.8, 4) is 0 Å². The van der Waals surface area contributed by atoms with E-state index in [4.69, 9.17) is 4.74 Å². The number of carbonyl (C=O) groups excluding carboxylic acids is 4. The lowest BCUT2D eigenvalue weighted by Gasteiger charge is -2.19. The van der Waals surface area contributed by atoms with Crippen molar-refractivity contribution in [1.29, 1.82) is 0 Å². The van der Waals surface area contributed by atoms with Crippen LogP contribution in [-0.4, -0.2) is 30.3 Å². The van der Waals surface area contributed by atoms with E-state index in [1.807, 2.05) is 49.7 Å². The molecule has 2 amide bonds. The highest BCUT2D eigenvalue weighted by Gasteiger charge is 2.23. The molecule has 1 aromatic rings. The van der Waals surface area contributed by atoms with Crippen LogP contribution in [0.4, 0.5) is 4.79 Å². The predicted octanol–water partition coefficient (Wildman–Crippen LogP) is 1.88. The second-order valence-corrected chi connectivity index (χ2v) is 6.03. The first-order valence-electron chi connectivity index (χ1n) is 8.32. The lowest BCUT2D eigenvalue weighted by atomic mass is 10.0. The number of alkyl carbamates (subject to hydrolysis) is 1. The van der Waals surface area contributed by atoms with Crippen molar-refractivity contribution >= 4 is 24.3 Å². The molecule has 0 aliphatic rings. The first-order valence-corrected chi connectivity index (χ1v) is 8.32. The van der Waals surface area contributed by atoms with E-state index in [1.165, 1.54) is 0 Å². The number of ether oxygens (including phenoxy) is 1. The fraction of sp³-hybridized carbons (Fsp3) is 0.444. The lowest BCUT2D eigenvalue weighted by Crippen LogP contribution is -2.48. The minimum atomic E-state index is -0.919. The first kappa shape index (κ1) is 21.1. The van der Waals surface area contributed by atoms with Gasteiger partial charge in [0, 0.05) is 6.42 Å². The SMILES string of the molecule is CC(C)C[C@H](NC(=O)OCc1ccccc1)C(=O)NOC(=O)CCC=O. The van der Waals surface area contributed by atoms with Gasteiger partial charge in [0.1, 0.15) is 18.9 Å². The van der Waals surface area contributed by atoms with Gasteiger partial charge in [-0.25, -0.2) is 9.59 Å². The van der Waals surface area contributed by atoms with Crippen LogP contribution in [-0.2, 0) is 30.6 Å². The minimum Gasteiger partial charge on any atom is -0.445 e. The van der Waals surface area contributed by atoms with Crippen molar-refractivity contribution in [3.63, 3.8) is 0 Å². The lowest BCUT2D eigenvalue weighted by molar-refractivity contribution is -0.159. The van der Waals surface area contributed by atoms with E-state index in [1.54, 1.807) is 0 Å². The summed E-state index contributed by atoms with van der Waals surface area (Å²) in [5.41, 5.74) is 2.82. The smallest absolute Gasteiger partial charge is 0.408 e. The van der Waals surface area contributed by atoms with E-state index >= 15 is 0 Å². The Morgan fingerprint density at radius 1 is 1.15 bits per heavy atom. The Morgan fingerprint density at radius 2 is 1.85 bits per heavy atom. The number of carbonyl (C=O) groups is 4. The topological polar surface area (TPSA) is 111 Å².